The topological polar surface area (TPSA) is 43.1 Å². The number of hydrogen-bond donors (Lipinski definition) is 1. The Morgan fingerprint density at radius 3 is 3.00 bits per heavy atom. The number of primary amides is 1. The number of hydrogen-bond acceptors (Lipinski definition) is 1. The Morgan fingerprint density at radius 2 is 2.33 bits per heavy atom. The van der Waals surface area contributed by atoms with Gasteiger partial charge in [0.2, 0.25) is 5.91 Å². The van der Waals surface area contributed by atoms with E-state index in [2.05, 4.69) is 15.9 Å². The second-order valence-corrected chi connectivity index (χ2v) is 4.58. The zero-order valence-corrected chi connectivity index (χ0v) is 9.42. The Balaban J connectivity index is 2.53. The highest BCUT2D eigenvalue weighted by atomic mass is 79.9. The average Bonchev–Trinajstić information content (AvgIpc) is 2.43. The molecule has 1 atom stereocenters. The molecule has 0 radical (unpaired) electrons. The van der Waals surface area contributed by atoms with E-state index in [1.807, 2.05) is 0 Å². The number of rotatable bonds is 1. The fourth-order valence-corrected chi connectivity index (χ4v) is 2.52. The molecule has 0 bridgehead atoms. The first-order chi connectivity index (χ1) is 7.08. The van der Waals surface area contributed by atoms with Crippen molar-refractivity contribution >= 4 is 27.4 Å². The number of nitrogens with two attached hydrogens (primary N) is 1. The summed E-state index contributed by atoms with van der Waals surface area (Å²) in [5, 5.41) is 0. The minimum atomic E-state index is -0.508. The molecule has 1 aliphatic carbocycles. The fourth-order valence-electron chi connectivity index (χ4n) is 1.79. The second-order valence-electron chi connectivity index (χ2n) is 3.48. The Bertz CT molecular complexity index is 456. The number of fused-ring (bicyclic) bond motifs is 1. The molecule has 2 nitrogen and oxygen atoms in total. The number of allylic oxidation sites excluding steroid dienone is 1. The predicted molar refractivity (Wildman–Crippen MR) is 60.0 cm³/mol. The minimum absolute atomic E-state index is 0.0433. The van der Waals surface area contributed by atoms with Gasteiger partial charge < -0.3 is 5.73 Å². The molecule has 0 saturated heterocycles. The van der Waals surface area contributed by atoms with Gasteiger partial charge in [-0.1, -0.05) is 22.0 Å². The lowest BCUT2D eigenvalue weighted by atomic mass is 10.1. The molecule has 1 aromatic rings. The normalized spacial score (nSPS) is 21.7. The predicted octanol–water partition coefficient (Wildman–Crippen LogP) is 2.01. The molecule has 1 aromatic carbocycles. The number of alkyl halides is 1. The van der Waals surface area contributed by atoms with E-state index in [-0.39, 0.29) is 10.6 Å². The van der Waals surface area contributed by atoms with Crippen LogP contribution < -0.4 is 5.73 Å². The summed E-state index contributed by atoms with van der Waals surface area (Å²) in [6.07, 6.45) is 2.11. The van der Waals surface area contributed by atoms with Crippen LogP contribution in [0.4, 0.5) is 4.39 Å². The molecule has 1 unspecified atom stereocenters. The third kappa shape index (κ3) is 1.95. The van der Waals surface area contributed by atoms with Gasteiger partial charge in [-0.25, -0.2) is 4.39 Å². The Kier molecular flexibility index (Phi) is 2.61. The quantitative estimate of drug-likeness (QED) is 0.615. The fraction of sp³-hybridized carbons (Fsp3) is 0.182. The summed E-state index contributed by atoms with van der Waals surface area (Å²) < 4.78 is 13.0. The van der Waals surface area contributed by atoms with Crippen LogP contribution in [0, 0.1) is 5.82 Å². The van der Waals surface area contributed by atoms with Crippen LogP contribution in [0.15, 0.2) is 24.3 Å². The summed E-state index contributed by atoms with van der Waals surface area (Å²) >= 11 is 3.44. The van der Waals surface area contributed by atoms with Crippen molar-refractivity contribution in [1.29, 1.82) is 0 Å². The van der Waals surface area contributed by atoms with Crippen LogP contribution in [0.5, 0.6) is 0 Å². The number of carbonyl (C=O) groups excluding carboxylic acids is 1. The van der Waals surface area contributed by atoms with E-state index in [0.29, 0.717) is 0 Å². The molecule has 0 spiro atoms. The molecule has 0 fully saturated rings. The van der Waals surface area contributed by atoms with E-state index in [1.165, 1.54) is 18.2 Å². The molecule has 78 valence electrons. The van der Waals surface area contributed by atoms with Crippen molar-refractivity contribution in [2.24, 2.45) is 5.73 Å². The molecule has 1 aliphatic rings. The van der Waals surface area contributed by atoms with E-state index < -0.39 is 5.91 Å². The van der Waals surface area contributed by atoms with E-state index in [4.69, 9.17) is 5.73 Å². The second kappa shape index (κ2) is 3.77. The molecule has 0 aromatic heterocycles. The SMILES string of the molecule is NC(=O)/C=C1/c2cc(F)ccc2CC1Br. The largest absolute Gasteiger partial charge is 0.366 e. The lowest BCUT2D eigenvalue weighted by Gasteiger charge is -2.02. The van der Waals surface area contributed by atoms with Crippen molar-refractivity contribution in [2.45, 2.75) is 11.2 Å². The number of benzene rings is 1. The van der Waals surface area contributed by atoms with Crippen molar-refractivity contribution in [3.05, 3.63) is 41.2 Å². The first kappa shape index (κ1) is 10.4. The smallest absolute Gasteiger partial charge is 0.241 e. The average molecular weight is 270 g/mol. The van der Waals surface area contributed by atoms with Crippen LogP contribution in [-0.2, 0) is 11.2 Å². The van der Waals surface area contributed by atoms with Crippen molar-refractivity contribution in [2.75, 3.05) is 0 Å². The maximum absolute atomic E-state index is 13.0. The summed E-state index contributed by atoms with van der Waals surface area (Å²) in [5.74, 6) is -0.808. The summed E-state index contributed by atoms with van der Waals surface area (Å²) in [7, 11) is 0. The number of carbonyl (C=O) groups is 1. The van der Waals surface area contributed by atoms with Gasteiger partial charge in [-0.2, -0.15) is 0 Å². The third-order valence-electron chi connectivity index (χ3n) is 2.42. The van der Waals surface area contributed by atoms with E-state index >= 15 is 0 Å². The molecular formula is C11H9BrFNO. The maximum Gasteiger partial charge on any atom is 0.241 e. The first-order valence-electron chi connectivity index (χ1n) is 4.52. The van der Waals surface area contributed by atoms with Gasteiger partial charge in [-0.05, 0) is 35.3 Å². The van der Waals surface area contributed by atoms with Crippen LogP contribution in [0.3, 0.4) is 0 Å². The third-order valence-corrected chi connectivity index (χ3v) is 3.23. The minimum Gasteiger partial charge on any atom is -0.366 e. The van der Waals surface area contributed by atoms with Gasteiger partial charge in [-0.15, -0.1) is 0 Å². The van der Waals surface area contributed by atoms with Crippen molar-refractivity contribution in [3.63, 3.8) is 0 Å². The molecule has 4 heteroatoms. The molecule has 2 N–H and O–H groups in total. The monoisotopic (exact) mass is 269 g/mol. The van der Waals surface area contributed by atoms with Gasteiger partial charge >= 0.3 is 0 Å². The van der Waals surface area contributed by atoms with Crippen molar-refractivity contribution in [3.8, 4) is 0 Å². The highest BCUT2D eigenvalue weighted by Crippen LogP contribution is 2.36. The molecular weight excluding hydrogens is 261 g/mol. The molecule has 1 amide bonds. The van der Waals surface area contributed by atoms with Gasteiger partial charge in [0.1, 0.15) is 5.82 Å². The summed E-state index contributed by atoms with van der Waals surface area (Å²) in [6.45, 7) is 0. The van der Waals surface area contributed by atoms with Gasteiger partial charge in [-0.3, -0.25) is 4.79 Å². The van der Waals surface area contributed by atoms with E-state index in [9.17, 15) is 9.18 Å². The molecule has 0 heterocycles. The zero-order valence-electron chi connectivity index (χ0n) is 7.84. The van der Waals surface area contributed by atoms with Gasteiger partial charge in [0.15, 0.2) is 0 Å². The van der Waals surface area contributed by atoms with Crippen LogP contribution >= 0.6 is 15.9 Å². The Hall–Kier alpha value is -1.16. The first-order valence-corrected chi connectivity index (χ1v) is 5.43. The molecule has 0 aliphatic heterocycles. The molecule has 15 heavy (non-hydrogen) atoms. The van der Waals surface area contributed by atoms with Gasteiger partial charge in [0.25, 0.3) is 0 Å². The number of amides is 1. The number of halogens is 2. The van der Waals surface area contributed by atoms with Crippen LogP contribution in [0.2, 0.25) is 0 Å². The van der Waals surface area contributed by atoms with E-state index in [1.54, 1.807) is 6.07 Å². The molecule has 0 saturated carbocycles. The van der Waals surface area contributed by atoms with Crippen LogP contribution in [-0.4, -0.2) is 10.7 Å². The lowest BCUT2D eigenvalue weighted by Crippen LogP contribution is -2.08. The molecule has 2 rings (SSSR count). The summed E-state index contributed by atoms with van der Waals surface area (Å²) in [4.78, 5) is 10.9. The maximum atomic E-state index is 13.0. The standard InChI is InChI=1S/C11H9BrFNO/c12-10-3-6-1-2-7(13)4-8(6)9(10)5-11(14)15/h1-2,4-5,10H,3H2,(H2,14,15)/b9-5-. The highest BCUT2D eigenvalue weighted by Gasteiger charge is 2.25. The van der Waals surface area contributed by atoms with Crippen molar-refractivity contribution < 1.29 is 9.18 Å². The highest BCUT2D eigenvalue weighted by molar-refractivity contribution is 9.09. The van der Waals surface area contributed by atoms with Gasteiger partial charge in [0, 0.05) is 10.9 Å². The van der Waals surface area contributed by atoms with Crippen LogP contribution in [0.1, 0.15) is 11.1 Å². The van der Waals surface area contributed by atoms with Crippen LogP contribution in [0.25, 0.3) is 5.57 Å². The van der Waals surface area contributed by atoms with E-state index in [0.717, 1.165) is 23.1 Å². The van der Waals surface area contributed by atoms with Gasteiger partial charge in [0.05, 0.1) is 0 Å². The lowest BCUT2D eigenvalue weighted by molar-refractivity contribution is -0.113. The summed E-state index contributed by atoms with van der Waals surface area (Å²) in [5.41, 5.74) is 7.67. The van der Waals surface area contributed by atoms with Crippen molar-refractivity contribution in [1.82, 2.24) is 0 Å². The Labute approximate surface area is 95.1 Å². The zero-order chi connectivity index (χ0) is 11.0. The Morgan fingerprint density at radius 1 is 1.60 bits per heavy atom. The summed E-state index contributed by atoms with van der Waals surface area (Å²) in [6, 6.07) is 4.60.